The van der Waals surface area contributed by atoms with Gasteiger partial charge in [0.25, 0.3) is 5.91 Å². The summed E-state index contributed by atoms with van der Waals surface area (Å²) in [7, 11) is 0. The SMILES string of the molecule is CCNc1n[nH]c2cc(O)c(C(=O)N3Cc4ccc(OCCN5CCNCC5)cc4C3)cc12. The first-order valence-electron chi connectivity index (χ1n) is 11.5. The molecule has 1 aromatic heterocycles. The number of nitrogens with zero attached hydrogens (tertiary/aromatic N) is 3. The van der Waals surface area contributed by atoms with Crippen LogP contribution in [0.15, 0.2) is 30.3 Å². The van der Waals surface area contributed by atoms with Crippen LogP contribution in [0.2, 0.25) is 0 Å². The number of phenols is 1. The lowest BCUT2D eigenvalue weighted by Crippen LogP contribution is -2.44. The van der Waals surface area contributed by atoms with Crippen LogP contribution in [0.25, 0.3) is 10.9 Å². The lowest BCUT2D eigenvalue weighted by atomic mass is 10.1. The number of anilines is 1. The number of aromatic nitrogens is 2. The van der Waals surface area contributed by atoms with Gasteiger partial charge in [-0.05, 0) is 36.2 Å². The maximum Gasteiger partial charge on any atom is 0.258 e. The molecule has 1 saturated heterocycles. The highest BCUT2D eigenvalue weighted by atomic mass is 16.5. The first kappa shape index (κ1) is 21.5. The summed E-state index contributed by atoms with van der Waals surface area (Å²) in [5.41, 5.74) is 3.16. The van der Waals surface area contributed by atoms with Crippen molar-refractivity contribution in [3.8, 4) is 11.5 Å². The molecule has 9 heteroatoms. The summed E-state index contributed by atoms with van der Waals surface area (Å²) in [5.74, 6) is 1.26. The Morgan fingerprint density at radius 2 is 2.00 bits per heavy atom. The molecule has 5 rings (SSSR count). The third-order valence-electron chi connectivity index (χ3n) is 6.33. The fourth-order valence-electron chi connectivity index (χ4n) is 4.53. The monoisotopic (exact) mass is 450 g/mol. The number of piperazine rings is 1. The highest BCUT2D eigenvalue weighted by Gasteiger charge is 2.27. The smallest absolute Gasteiger partial charge is 0.258 e. The molecule has 0 aliphatic carbocycles. The van der Waals surface area contributed by atoms with Crippen molar-refractivity contribution in [2.45, 2.75) is 20.0 Å². The maximum atomic E-state index is 13.3. The minimum absolute atomic E-state index is 0.0490. The minimum atomic E-state index is -0.199. The van der Waals surface area contributed by atoms with Gasteiger partial charge in [0, 0.05) is 63.8 Å². The van der Waals surface area contributed by atoms with Gasteiger partial charge in [-0.1, -0.05) is 6.07 Å². The fraction of sp³-hybridized carbons (Fsp3) is 0.417. The van der Waals surface area contributed by atoms with Crippen molar-refractivity contribution in [2.75, 3.05) is 51.2 Å². The van der Waals surface area contributed by atoms with Gasteiger partial charge in [-0.15, -0.1) is 0 Å². The van der Waals surface area contributed by atoms with Crippen LogP contribution in [0.4, 0.5) is 5.82 Å². The number of aromatic hydroxyl groups is 1. The van der Waals surface area contributed by atoms with E-state index >= 15 is 0 Å². The van der Waals surface area contributed by atoms with Crippen molar-refractivity contribution in [3.63, 3.8) is 0 Å². The summed E-state index contributed by atoms with van der Waals surface area (Å²) < 4.78 is 5.99. The summed E-state index contributed by atoms with van der Waals surface area (Å²) in [6.07, 6.45) is 0. The Bertz CT molecular complexity index is 1150. The van der Waals surface area contributed by atoms with Crippen LogP contribution in [-0.4, -0.2) is 76.9 Å². The molecule has 0 atom stereocenters. The average molecular weight is 451 g/mol. The zero-order valence-electron chi connectivity index (χ0n) is 18.9. The number of rotatable bonds is 7. The molecule has 3 aromatic rings. The van der Waals surface area contributed by atoms with E-state index in [0.29, 0.717) is 37.6 Å². The van der Waals surface area contributed by atoms with Crippen molar-refractivity contribution in [3.05, 3.63) is 47.0 Å². The van der Waals surface area contributed by atoms with Crippen LogP contribution in [0.5, 0.6) is 11.5 Å². The van der Waals surface area contributed by atoms with Crippen LogP contribution in [0, 0.1) is 0 Å². The Balaban J connectivity index is 1.26. The van der Waals surface area contributed by atoms with Gasteiger partial charge in [-0.2, -0.15) is 5.10 Å². The Hall–Kier alpha value is -3.30. The highest BCUT2D eigenvalue weighted by molar-refractivity contribution is 6.03. The number of aromatic amines is 1. The van der Waals surface area contributed by atoms with Crippen molar-refractivity contribution < 1.29 is 14.6 Å². The van der Waals surface area contributed by atoms with Crippen molar-refractivity contribution in [1.82, 2.24) is 25.3 Å². The van der Waals surface area contributed by atoms with E-state index in [1.165, 1.54) is 0 Å². The summed E-state index contributed by atoms with van der Waals surface area (Å²) in [6.45, 7) is 9.43. The van der Waals surface area contributed by atoms with Gasteiger partial charge in [-0.25, -0.2) is 0 Å². The molecule has 4 N–H and O–H groups in total. The van der Waals surface area contributed by atoms with Gasteiger partial charge in [0.1, 0.15) is 18.1 Å². The van der Waals surface area contributed by atoms with Gasteiger partial charge in [0.2, 0.25) is 0 Å². The molecular formula is C24H30N6O3. The van der Waals surface area contributed by atoms with E-state index in [2.05, 4.69) is 25.7 Å². The lowest BCUT2D eigenvalue weighted by Gasteiger charge is -2.26. The van der Waals surface area contributed by atoms with Gasteiger partial charge in [-0.3, -0.25) is 14.8 Å². The van der Waals surface area contributed by atoms with Crippen molar-refractivity contribution in [2.24, 2.45) is 0 Å². The number of ether oxygens (including phenoxy) is 1. The molecule has 0 bridgehead atoms. The standard InChI is InChI=1S/C24H30N6O3/c1-2-26-23-19-12-20(22(31)13-21(19)27-28-23)24(32)30-14-16-3-4-18(11-17(16)15-30)33-10-9-29-7-5-25-6-8-29/h3-4,11-13,25,31H,2,5-10,14-15H2,1H3,(H2,26,27,28). The Morgan fingerprint density at radius 1 is 1.18 bits per heavy atom. The van der Waals surface area contributed by atoms with E-state index in [0.717, 1.165) is 55.0 Å². The molecule has 0 saturated carbocycles. The van der Waals surface area contributed by atoms with E-state index in [1.54, 1.807) is 17.0 Å². The van der Waals surface area contributed by atoms with Gasteiger partial charge in [0.15, 0.2) is 5.82 Å². The van der Waals surface area contributed by atoms with Gasteiger partial charge >= 0.3 is 0 Å². The Kier molecular flexibility index (Phi) is 6.06. The minimum Gasteiger partial charge on any atom is -0.507 e. The Labute approximate surface area is 192 Å². The first-order chi connectivity index (χ1) is 16.1. The van der Waals surface area contributed by atoms with Crippen molar-refractivity contribution in [1.29, 1.82) is 0 Å². The van der Waals surface area contributed by atoms with E-state index in [9.17, 15) is 9.90 Å². The number of carbonyl (C=O) groups is 1. The summed E-state index contributed by atoms with van der Waals surface area (Å²) in [5, 5.41) is 24.9. The lowest BCUT2D eigenvalue weighted by molar-refractivity contribution is 0.0748. The van der Waals surface area contributed by atoms with Crippen molar-refractivity contribution >= 4 is 22.6 Å². The zero-order chi connectivity index (χ0) is 22.8. The second kappa shape index (κ2) is 9.29. The molecular weight excluding hydrogens is 420 g/mol. The summed E-state index contributed by atoms with van der Waals surface area (Å²) >= 11 is 0. The van der Waals surface area contributed by atoms with E-state index in [1.807, 2.05) is 25.1 Å². The number of carbonyl (C=O) groups excluding carboxylic acids is 1. The maximum absolute atomic E-state index is 13.3. The van der Waals surface area contributed by atoms with Crippen LogP contribution in [-0.2, 0) is 13.1 Å². The molecule has 174 valence electrons. The van der Waals surface area contributed by atoms with E-state index in [-0.39, 0.29) is 17.2 Å². The molecule has 2 aliphatic rings. The third kappa shape index (κ3) is 4.46. The summed E-state index contributed by atoms with van der Waals surface area (Å²) in [6, 6.07) is 9.31. The van der Waals surface area contributed by atoms with E-state index < -0.39 is 0 Å². The fourth-order valence-corrected chi connectivity index (χ4v) is 4.53. The number of benzene rings is 2. The largest absolute Gasteiger partial charge is 0.507 e. The number of hydrogen-bond acceptors (Lipinski definition) is 7. The number of hydrogen-bond donors (Lipinski definition) is 4. The zero-order valence-corrected chi connectivity index (χ0v) is 18.9. The number of amides is 1. The molecule has 1 fully saturated rings. The molecule has 0 unspecified atom stereocenters. The number of H-pyrrole nitrogens is 1. The van der Waals surface area contributed by atoms with Gasteiger partial charge < -0.3 is 25.4 Å². The number of nitrogens with one attached hydrogen (secondary N) is 3. The molecule has 33 heavy (non-hydrogen) atoms. The van der Waals surface area contributed by atoms with Crippen LogP contribution >= 0.6 is 0 Å². The van der Waals surface area contributed by atoms with Crippen LogP contribution in [0.3, 0.4) is 0 Å². The van der Waals surface area contributed by atoms with Gasteiger partial charge in [0.05, 0.1) is 11.1 Å². The summed E-state index contributed by atoms with van der Waals surface area (Å²) in [4.78, 5) is 17.4. The Morgan fingerprint density at radius 3 is 2.82 bits per heavy atom. The van der Waals surface area contributed by atoms with Crippen LogP contribution < -0.4 is 15.4 Å². The second-order valence-electron chi connectivity index (χ2n) is 8.55. The topological polar surface area (TPSA) is 106 Å². The van der Waals surface area contributed by atoms with E-state index in [4.69, 9.17) is 4.74 Å². The quantitative estimate of drug-likeness (QED) is 0.437. The average Bonchev–Trinajstić information content (AvgIpc) is 3.42. The number of phenolic OH excluding ortho intramolecular Hbond substituents is 1. The second-order valence-corrected chi connectivity index (χ2v) is 8.55. The highest BCUT2D eigenvalue weighted by Crippen LogP contribution is 2.32. The molecule has 2 aliphatic heterocycles. The molecule has 0 radical (unpaired) electrons. The predicted octanol–water partition coefficient (Wildman–Crippen LogP) is 2.14. The first-order valence-corrected chi connectivity index (χ1v) is 11.5. The third-order valence-corrected chi connectivity index (χ3v) is 6.33. The molecule has 9 nitrogen and oxygen atoms in total. The molecule has 0 spiro atoms. The number of fused-ring (bicyclic) bond motifs is 2. The predicted molar refractivity (Wildman–Crippen MR) is 127 cm³/mol. The van der Waals surface area contributed by atoms with Crippen LogP contribution in [0.1, 0.15) is 28.4 Å². The molecule has 1 amide bonds. The molecule has 3 heterocycles. The molecule has 2 aromatic carbocycles. The normalized spacial score (nSPS) is 16.2.